The zero-order valence-electron chi connectivity index (χ0n) is 16.3. The summed E-state index contributed by atoms with van der Waals surface area (Å²) in [5.74, 6) is -1.57. The molecule has 0 radical (unpaired) electrons. The van der Waals surface area contributed by atoms with Gasteiger partial charge < -0.3 is 5.32 Å². The Morgan fingerprint density at radius 3 is 2.12 bits per heavy atom. The lowest BCUT2D eigenvalue weighted by molar-refractivity contribution is -0.136. The molecule has 0 aromatic heterocycles. The highest BCUT2D eigenvalue weighted by atomic mass is 16.2. The molecule has 0 spiro atoms. The molecule has 2 rings (SSSR count). The summed E-state index contributed by atoms with van der Waals surface area (Å²) >= 11 is 0. The Labute approximate surface area is 155 Å². The molecule has 26 heavy (non-hydrogen) atoms. The lowest BCUT2D eigenvalue weighted by Gasteiger charge is -2.11. The van der Waals surface area contributed by atoms with E-state index >= 15 is 0 Å². The summed E-state index contributed by atoms with van der Waals surface area (Å²) in [6, 6.07) is 10.8. The summed E-state index contributed by atoms with van der Waals surface area (Å²) in [4.78, 5) is 23.6. The molecule has 2 N–H and O–H groups in total. The molecule has 138 valence electrons. The predicted octanol–water partition coefficient (Wildman–Crippen LogP) is 4.04. The fourth-order valence-electron chi connectivity index (χ4n) is 2.30. The van der Waals surface area contributed by atoms with Gasteiger partial charge in [-0.3, -0.25) is 9.59 Å². The Bertz CT molecular complexity index is 797. The predicted molar refractivity (Wildman–Crippen MR) is 108 cm³/mol. The second-order valence-electron chi connectivity index (χ2n) is 5.68. The van der Waals surface area contributed by atoms with Gasteiger partial charge in [0.2, 0.25) is 0 Å². The molecule has 5 heteroatoms. The van der Waals surface area contributed by atoms with Gasteiger partial charge in [0.05, 0.1) is 6.21 Å². The molecule has 2 amide bonds. The maximum absolute atomic E-state index is 11.8. The number of amides is 2. The molecule has 0 aliphatic rings. The first kappa shape index (κ1) is 21.1. The van der Waals surface area contributed by atoms with E-state index in [2.05, 4.69) is 29.7 Å². The summed E-state index contributed by atoms with van der Waals surface area (Å²) in [6.45, 7) is 12.2. The van der Waals surface area contributed by atoms with Crippen LogP contribution in [0.25, 0.3) is 0 Å². The molecule has 0 saturated heterocycles. The Kier molecular flexibility index (Phi) is 8.22. The number of benzene rings is 2. The summed E-state index contributed by atoms with van der Waals surface area (Å²) in [7, 11) is 0. The average molecular weight is 353 g/mol. The SMILES string of the molecule is CC.Cc1cc(/C=N/NC(=O)C(=O)Nc2ccccc2)c(C)c(C)c1C. The highest BCUT2D eigenvalue weighted by Crippen LogP contribution is 2.19. The van der Waals surface area contributed by atoms with Crippen LogP contribution in [-0.2, 0) is 9.59 Å². The van der Waals surface area contributed by atoms with Crippen molar-refractivity contribution >= 4 is 23.7 Å². The molecule has 0 heterocycles. The van der Waals surface area contributed by atoms with Gasteiger partial charge in [-0.1, -0.05) is 32.0 Å². The van der Waals surface area contributed by atoms with Gasteiger partial charge in [-0.2, -0.15) is 5.10 Å². The van der Waals surface area contributed by atoms with E-state index in [1.807, 2.05) is 39.8 Å². The smallest absolute Gasteiger partial charge is 0.318 e. The van der Waals surface area contributed by atoms with Crippen molar-refractivity contribution in [3.63, 3.8) is 0 Å². The lowest BCUT2D eigenvalue weighted by Crippen LogP contribution is -2.32. The molecule has 0 atom stereocenters. The van der Waals surface area contributed by atoms with E-state index in [0.29, 0.717) is 5.69 Å². The third kappa shape index (κ3) is 5.55. The van der Waals surface area contributed by atoms with E-state index in [-0.39, 0.29) is 0 Å². The molecular weight excluding hydrogens is 326 g/mol. The lowest BCUT2D eigenvalue weighted by atomic mass is 9.95. The zero-order valence-corrected chi connectivity index (χ0v) is 16.3. The van der Waals surface area contributed by atoms with E-state index in [4.69, 9.17) is 0 Å². The van der Waals surface area contributed by atoms with E-state index < -0.39 is 11.8 Å². The molecule has 0 saturated carbocycles. The number of carbonyl (C=O) groups is 2. The number of carbonyl (C=O) groups excluding carboxylic acids is 2. The van der Waals surface area contributed by atoms with Gasteiger partial charge in [0, 0.05) is 5.69 Å². The van der Waals surface area contributed by atoms with Crippen LogP contribution in [0, 0.1) is 27.7 Å². The number of hydrogen-bond acceptors (Lipinski definition) is 3. The van der Waals surface area contributed by atoms with Gasteiger partial charge in [-0.25, -0.2) is 5.43 Å². The van der Waals surface area contributed by atoms with Crippen LogP contribution in [-0.4, -0.2) is 18.0 Å². The van der Waals surface area contributed by atoms with Gasteiger partial charge in [-0.15, -0.1) is 0 Å². The van der Waals surface area contributed by atoms with Crippen molar-refractivity contribution in [2.75, 3.05) is 5.32 Å². The molecule has 5 nitrogen and oxygen atoms in total. The van der Waals surface area contributed by atoms with Crippen molar-refractivity contribution in [3.05, 3.63) is 64.2 Å². The normalized spacial score (nSPS) is 10.1. The van der Waals surface area contributed by atoms with Gasteiger partial charge in [0.25, 0.3) is 0 Å². The number of rotatable bonds is 3. The quantitative estimate of drug-likeness (QED) is 0.497. The Hall–Kier alpha value is -2.95. The second kappa shape index (κ2) is 10.1. The van der Waals surface area contributed by atoms with Gasteiger partial charge in [0.15, 0.2) is 0 Å². The fraction of sp³-hybridized carbons (Fsp3) is 0.286. The number of hydrogen-bond donors (Lipinski definition) is 2. The summed E-state index contributed by atoms with van der Waals surface area (Å²) in [5, 5.41) is 6.39. The summed E-state index contributed by atoms with van der Waals surface area (Å²) in [6.07, 6.45) is 1.56. The molecule has 0 aliphatic heterocycles. The van der Waals surface area contributed by atoms with Crippen LogP contribution >= 0.6 is 0 Å². The first-order valence-corrected chi connectivity index (χ1v) is 8.67. The third-order valence-electron chi connectivity index (χ3n) is 4.13. The van der Waals surface area contributed by atoms with Crippen molar-refractivity contribution in [1.29, 1.82) is 0 Å². The molecule has 0 unspecified atom stereocenters. The van der Waals surface area contributed by atoms with Crippen LogP contribution in [0.2, 0.25) is 0 Å². The molecule has 0 aliphatic carbocycles. The van der Waals surface area contributed by atoms with Crippen molar-refractivity contribution in [1.82, 2.24) is 5.43 Å². The van der Waals surface area contributed by atoms with E-state index in [1.54, 1.807) is 30.5 Å². The topological polar surface area (TPSA) is 70.6 Å². The van der Waals surface area contributed by atoms with Crippen molar-refractivity contribution in [2.24, 2.45) is 5.10 Å². The van der Waals surface area contributed by atoms with Gasteiger partial charge in [-0.05, 0) is 73.7 Å². The zero-order chi connectivity index (χ0) is 19.7. The van der Waals surface area contributed by atoms with Gasteiger partial charge in [0.1, 0.15) is 0 Å². The highest BCUT2D eigenvalue weighted by molar-refractivity contribution is 6.39. The Morgan fingerprint density at radius 1 is 0.885 bits per heavy atom. The maximum atomic E-state index is 11.8. The molecule has 2 aromatic rings. The third-order valence-corrected chi connectivity index (χ3v) is 4.13. The fourth-order valence-corrected chi connectivity index (χ4v) is 2.30. The summed E-state index contributed by atoms with van der Waals surface area (Å²) in [5.41, 5.74) is 8.43. The van der Waals surface area contributed by atoms with Crippen LogP contribution in [0.5, 0.6) is 0 Å². The molecule has 2 aromatic carbocycles. The number of aryl methyl sites for hydroxylation is 1. The van der Waals surface area contributed by atoms with Crippen molar-refractivity contribution < 1.29 is 9.59 Å². The Morgan fingerprint density at radius 2 is 1.50 bits per heavy atom. The van der Waals surface area contributed by atoms with Crippen LogP contribution in [0.1, 0.15) is 41.7 Å². The highest BCUT2D eigenvalue weighted by Gasteiger charge is 2.12. The minimum Gasteiger partial charge on any atom is -0.318 e. The average Bonchev–Trinajstić information content (AvgIpc) is 2.66. The van der Waals surface area contributed by atoms with Crippen molar-refractivity contribution in [2.45, 2.75) is 41.5 Å². The monoisotopic (exact) mass is 353 g/mol. The minimum atomic E-state index is -0.812. The van der Waals surface area contributed by atoms with Crippen molar-refractivity contribution in [3.8, 4) is 0 Å². The number of nitrogens with zero attached hydrogens (tertiary/aromatic N) is 1. The first-order valence-electron chi connectivity index (χ1n) is 8.67. The Balaban J connectivity index is 0.00000163. The number of nitrogens with one attached hydrogen (secondary N) is 2. The second-order valence-corrected chi connectivity index (χ2v) is 5.68. The first-order chi connectivity index (χ1) is 12.4. The molecule has 0 fully saturated rings. The molecular formula is C21H27N3O2. The van der Waals surface area contributed by atoms with Crippen LogP contribution in [0.4, 0.5) is 5.69 Å². The van der Waals surface area contributed by atoms with E-state index in [9.17, 15) is 9.59 Å². The van der Waals surface area contributed by atoms with Crippen LogP contribution < -0.4 is 10.7 Å². The number of para-hydroxylation sites is 1. The number of anilines is 1. The van der Waals surface area contributed by atoms with Crippen LogP contribution in [0.3, 0.4) is 0 Å². The number of hydrazone groups is 1. The minimum absolute atomic E-state index is 0.558. The largest absolute Gasteiger partial charge is 0.329 e. The standard InChI is InChI=1S/C19H21N3O2.C2H6/c1-12-10-16(15(4)14(3)13(12)2)11-20-22-19(24)18(23)21-17-8-6-5-7-9-17;1-2/h5-11H,1-4H3,(H,21,23)(H,22,24);1-2H3/b20-11+;. The molecule has 0 bridgehead atoms. The van der Waals surface area contributed by atoms with Gasteiger partial charge >= 0.3 is 11.8 Å². The van der Waals surface area contributed by atoms with E-state index in [0.717, 1.165) is 16.7 Å². The maximum Gasteiger partial charge on any atom is 0.329 e. The van der Waals surface area contributed by atoms with Crippen LogP contribution in [0.15, 0.2) is 41.5 Å². The van der Waals surface area contributed by atoms with E-state index in [1.165, 1.54) is 11.1 Å². The summed E-state index contributed by atoms with van der Waals surface area (Å²) < 4.78 is 0.